The summed E-state index contributed by atoms with van der Waals surface area (Å²) in [6, 6.07) is 0.485. The first-order chi connectivity index (χ1) is 7.13. The summed E-state index contributed by atoms with van der Waals surface area (Å²) in [4.78, 5) is 0. The smallest absolute Gasteiger partial charge is 0.156 e. The van der Waals surface area contributed by atoms with Crippen LogP contribution in [0.15, 0.2) is 5.16 Å². The first kappa shape index (κ1) is 12.3. The van der Waals surface area contributed by atoms with Crippen LogP contribution in [-0.4, -0.2) is 23.1 Å². The van der Waals surface area contributed by atoms with Gasteiger partial charge in [-0.2, -0.15) is 0 Å². The van der Waals surface area contributed by atoms with Crippen LogP contribution in [0.1, 0.15) is 46.0 Å². The zero-order valence-electron chi connectivity index (χ0n) is 9.74. The minimum absolute atomic E-state index is 0.0339. The predicted molar refractivity (Wildman–Crippen MR) is 62.0 cm³/mol. The molecular formula is C11H23N3O. The first-order valence-electron chi connectivity index (χ1n) is 5.87. The quantitative estimate of drug-likeness (QED) is 0.220. The van der Waals surface area contributed by atoms with Crippen molar-refractivity contribution < 1.29 is 5.21 Å². The average molecular weight is 213 g/mol. The first-order valence-corrected chi connectivity index (χ1v) is 5.87. The van der Waals surface area contributed by atoms with Crippen molar-refractivity contribution in [2.24, 2.45) is 16.8 Å². The van der Waals surface area contributed by atoms with Gasteiger partial charge in [0.2, 0.25) is 0 Å². The lowest BCUT2D eigenvalue weighted by atomic mass is 10.0. The van der Waals surface area contributed by atoms with E-state index in [2.05, 4.69) is 17.4 Å². The van der Waals surface area contributed by atoms with Crippen molar-refractivity contribution in [3.05, 3.63) is 0 Å². The number of hydrogen-bond acceptors (Lipinski definition) is 3. The van der Waals surface area contributed by atoms with Crippen molar-refractivity contribution in [2.45, 2.75) is 58.0 Å². The summed E-state index contributed by atoms with van der Waals surface area (Å²) in [6.07, 6.45) is 6.29. The predicted octanol–water partition coefficient (Wildman–Crippen LogP) is 1.68. The van der Waals surface area contributed by atoms with Gasteiger partial charge in [0.15, 0.2) is 5.84 Å². The normalized spacial score (nSPS) is 30.9. The van der Waals surface area contributed by atoms with E-state index in [0.717, 1.165) is 5.92 Å². The highest BCUT2D eigenvalue weighted by Gasteiger charge is 2.18. The highest BCUT2D eigenvalue weighted by atomic mass is 16.4. The Morgan fingerprint density at radius 3 is 2.80 bits per heavy atom. The maximum Gasteiger partial charge on any atom is 0.156 e. The van der Waals surface area contributed by atoms with E-state index in [1.54, 1.807) is 0 Å². The Balaban J connectivity index is 2.37. The molecule has 0 heterocycles. The second kappa shape index (κ2) is 5.95. The third-order valence-corrected chi connectivity index (χ3v) is 3.30. The Bertz CT molecular complexity index is 218. The van der Waals surface area contributed by atoms with Crippen molar-refractivity contribution in [1.82, 2.24) is 5.32 Å². The van der Waals surface area contributed by atoms with Gasteiger partial charge in [0.1, 0.15) is 0 Å². The van der Waals surface area contributed by atoms with E-state index >= 15 is 0 Å². The molecule has 4 heteroatoms. The molecule has 0 bridgehead atoms. The molecule has 3 atom stereocenters. The van der Waals surface area contributed by atoms with Crippen LogP contribution < -0.4 is 11.1 Å². The molecule has 88 valence electrons. The van der Waals surface area contributed by atoms with E-state index in [0.29, 0.717) is 6.04 Å². The number of rotatable bonds is 3. The molecule has 0 aromatic carbocycles. The molecule has 1 saturated carbocycles. The fourth-order valence-electron chi connectivity index (χ4n) is 2.18. The Hall–Kier alpha value is -0.770. The highest BCUT2D eigenvalue weighted by Crippen LogP contribution is 2.22. The molecule has 1 rings (SSSR count). The summed E-state index contributed by atoms with van der Waals surface area (Å²) in [5, 5.41) is 15.0. The van der Waals surface area contributed by atoms with Crippen molar-refractivity contribution >= 4 is 5.84 Å². The van der Waals surface area contributed by atoms with Crippen LogP contribution in [0, 0.1) is 5.92 Å². The lowest BCUT2D eigenvalue weighted by Gasteiger charge is -2.21. The van der Waals surface area contributed by atoms with Gasteiger partial charge in [0.25, 0.3) is 0 Å². The minimum Gasteiger partial charge on any atom is -0.409 e. The summed E-state index contributed by atoms with van der Waals surface area (Å²) < 4.78 is 0. The van der Waals surface area contributed by atoms with E-state index in [9.17, 15) is 0 Å². The molecule has 0 aromatic heterocycles. The largest absolute Gasteiger partial charge is 0.409 e. The summed E-state index contributed by atoms with van der Waals surface area (Å²) in [5.74, 6) is 1.11. The highest BCUT2D eigenvalue weighted by molar-refractivity contribution is 5.84. The zero-order chi connectivity index (χ0) is 11.3. The van der Waals surface area contributed by atoms with Crippen LogP contribution in [0.2, 0.25) is 0 Å². The van der Waals surface area contributed by atoms with E-state index in [1.807, 2.05) is 6.92 Å². The van der Waals surface area contributed by atoms with Crippen LogP contribution in [-0.2, 0) is 0 Å². The summed E-state index contributed by atoms with van der Waals surface area (Å²) in [5.41, 5.74) is 5.54. The Morgan fingerprint density at radius 2 is 2.13 bits per heavy atom. The lowest BCUT2D eigenvalue weighted by Crippen LogP contribution is -2.44. The van der Waals surface area contributed by atoms with Gasteiger partial charge in [-0.25, -0.2) is 0 Å². The van der Waals surface area contributed by atoms with Crippen LogP contribution >= 0.6 is 0 Å². The maximum atomic E-state index is 8.56. The molecule has 4 nitrogen and oxygen atoms in total. The van der Waals surface area contributed by atoms with E-state index in [-0.39, 0.29) is 11.9 Å². The topological polar surface area (TPSA) is 70.6 Å². The molecule has 0 amide bonds. The molecule has 0 aliphatic heterocycles. The summed E-state index contributed by atoms with van der Waals surface area (Å²) in [7, 11) is 0. The second-order valence-corrected chi connectivity index (χ2v) is 4.72. The molecule has 1 fully saturated rings. The SMILES string of the molecule is CC1CCCC(NC(C)C(N)=NO)CC1. The van der Waals surface area contributed by atoms with Gasteiger partial charge >= 0.3 is 0 Å². The molecule has 0 saturated heterocycles. The summed E-state index contributed by atoms with van der Waals surface area (Å²) >= 11 is 0. The van der Waals surface area contributed by atoms with Gasteiger partial charge in [0.05, 0.1) is 6.04 Å². The van der Waals surface area contributed by atoms with E-state index in [1.165, 1.54) is 32.1 Å². The number of nitrogens with zero attached hydrogens (tertiary/aromatic N) is 1. The van der Waals surface area contributed by atoms with Crippen molar-refractivity contribution in [2.75, 3.05) is 0 Å². The van der Waals surface area contributed by atoms with Crippen LogP contribution in [0.25, 0.3) is 0 Å². The van der Waals surface area contributed by atoms with Crippen molar-refractivity contribution in [3.8, 4) is 0 Å². The number of hydrogen-bond donors (Lipinski definition) is 3. The molecular weight excluding hydrogens is 190 g/mol. The molecule has 15 heavy (non-hydrogen) atoms. The number of oxime groups is 1. The van der Waals surface area contributed by atoms with Gasteiger partial charge < -0.3 is 16.3 Å². The van der Waals surface area contributed by atoms with Gasteiger partial charge in [0, 0.05) is 6.04 Å². The van der Waals surface area contributed by atoms with Crippen molar-refractivity contribution in [3.63, 3.8) is 0 Å². The summed E-state index contributed by atoms with van der Waals surface area (Å²) in [6.45, 7) is 4.25. The maximum absolute atomic E-state index is 8.56. The second-order valence-electron chi connectivity index (χ2n) is 4.72. The van der Waals surface area contributed by atoms with Crippen LogP contribution in [0.4, 0.5) is 0 Å². The number of nitrogens with one attached hydrogen (secondary N) is 1. The molecule has 0 spiro atoms. The Kier molecular flexibility index (Phi) is 4.88. The van der Waals surface area contributed by atoms with E-state index in [4.69, 9.17) is 10.9 Å². The van der Waals surface area contributed by atoms with Gasteiger partial charge in [-0.05, 0) is 32.1 Å². The Morgan fingerprint density at radius 1 is 1.40 bits per heavy atom. The third-order valence-electron chi connectivity index (χ3n) is 3.30. The van der Waals surface area contributed by atoms with Gasteiger partial charge in [-0.15, -0.1) is 0 Å². The fraction of sp³-hybridized carbons (Fsp3) is 0.909. The van der Waals surface area contributed by atoms with Crippen LogP contribution in [0.5, 0.6) is 0 Å². The van der Waals surface area contributed by atoms with Gasteiger partial charge in [-0.3, -0.25) is 0 Å². The molecule has 4 N–H and O–H groups in total. The fourth-order valence-corrected chi connectivity index (χ4v) is 2.18. The molecule has 0 aromatic rings. The molecule has 1 aliphatic carbocycles. The third kappa shape index (κ3) is 4.08. The molecule has 1 aliphatic rings. The number of amidine groups is 1. The zero-order valence-corrected chi connectivity index (χ0v) is 9.74. The number of nitrogens with two attached hydrogens (primary N) is 1. The van der Waals surface area contributed by atoms with E-state index < -0.39 is 0 Å². The molecule has 0 radical (unpaired) electrons. The van der Waals surface area contributed by atoms with Crippen LogP contribution in [0.3, 0.4) is 0 Å². The molecule has 3 unspecified atom stereocenters. The minimum atomic E-state index is -0.0339. The van der Waals surface area contributed by atoms with Crippen molar-refractivity contribution in [1.29, 1.82) is 0 Å². The standard InChI is InChI=1S/C11H23N3O/c1-8-4-3-5-10(7-6-8)13-9(2)11(12)14-15/h8-10,13,15H,3-7H2,1-2H3,(H2,12,14). The monoisotopic (exact) mass is 213 g/mol. The van der Waals surface area contributed by atoms with Gasteiger partial charge in [-0.1, -0.05) is 24.9 Å². The lowest BCUT2D eigenvalue weighted by molar-refractivity contribution is 0.313. The average Bonchev–Trinajstić information content (AvgIpc) is 2.42. The Labute approximate surface area is 91.9 Å².